The van der Waals surface area contributed by atoms with Crippen LogP contribution in [0, 0.1) is 0 Å². The van der Waals surface area contributed by atoms with E-state index in [1.807, 2.05) is 0 Å². The minimum absolute atomic E-state index is 0.197. The molecule has 1 nitrogen and oxygen atoms in total. The Hall–Kier alpha value is -7.74. The zero-order valence-corrected chi connectivity index (χ0v) is 35.0. The van der Waals surface area contributed by atoms with E-state index in [0.29, 0.717) is 0 Å². The zero-order valence-electron chi connectivity index (χ0n) is 35.0. The molecule has 0 spiro atoms. The maximum absolute atomic E-state index is 2.44. The van der Waals surface area contributed by atoms with Gasteiger partial charge >= 0.3 is 0 Å². The van der Waals surface area contributed by atoms with E-state index >= 15 is 0 Å². The average Bonchev–Trinajstić information content (AvgIpc) is 3.57. The van der Waals surface area contributed by atoms with E-state index in [4.69, 9.17) is 0 Å². The van der Waals surface area contributed by atoms with E-state index in [1.165, 1.54) is 88.7 Å². The predicted octanol–water partition coefficient (Wildman–Crippen LogP) is 17.0. The van der Waals surface area contributed by atoms with Crippen molar-refractivity contribution in [2.24, 2.45) is 0 Å². The molecule has 0 amide bonds. The van der Waals surface area contributed by atoms with Crippen LogP contribution in [-0.2, 0) is 5.41 Å². The third-order valence-electron chi connectivity index (χ3n) is 12.9. The summed E-state index contributed by atoms with van der Waals surface area (Å²) < 4.78 is 0. The van der Waals surface area contributed by atoms with Gasteiger partial charge in [0, 0.05) is 22.2 Å². The van der Waals surface area contributed by atoms with Crippen molar-refractivity contribution in [2.75, 3.05) is 4.90 Å². The standard InChI is InChI=1S/C61H45N/c1-61(2)58-40-52(50-30-28-47(29-31-50)46-24-20-44(21-25-46)42-12-5-3-6-13-42)34-38-56(58)57-39-37-54(41-59(57)61)62(60-19-11-17-51-16-9-10-18-55(51)60)53-35-32-49(33-36-53)48-26-22-45(23-27-48)43-14-7-4-8-15-43/h3-41H,1-2H3. The first-order valence-electron chi connectivity index (χ1n) is 21.6. The molecule has 11 rings (SSSR count). The van der Waals surface area contributed by atoms with Crippen LogP contribution >= 0.6 is 0 Å². The number of nitrogens with zero attached hydrogens (tertiary/aromatic N) is 1. The lowest BCUT2D eigenvalue weighted by Crippen LogP contribution is -2.16. The Morgan fingerprint density at radius 1 is 0.290 bits per heavy atom. The van der Waals surface area contributed by atoms with E-state index in [2.05, 4.69) is 255 Å². The molecular formula is C61H45N. The van der Waals surface area contributed by atoms with E-state index < -0.39 is 0 Å². The van der Waals surface area contributed by atoms with Gasteiger partial charge in [0.05, 0.1) is 5.69 Å². The molecule has 0 N–H and O–H groups in total. The number of rotatable bonds is 8. The van der Waals surface area contributed by atoms with Crippen LogP contribution in [0.4, 0.5) is 17.1 Å². The molecule has 10 aromatic rings. The molecule has 1 aliphatic rings. The van der Waals surface area contributed by atoms with Gasteiger partial charge in [0.1, 0.15) is 0 Å². The molecule has 0 aromatic heterocycles. The van der Waals surface area contributed by atoms with Crippen molar-refractivity contribution in [1.29, 1.82) is 0 Å². The molecule has 62 heavy (non-hydrogen) atoms. The summed E-state index contributed by atoms with van der Waals surface area (Å²) in [7, 11) is 0. The molecule has 0 heterocycles. The Bertz CT molecular complexity index is 3190. The Morgan fingerprint density at radius 2 is 0.661 bits per heavy atom. The topological polar surface area (TPSA) is 3.24 Å². The summed E-state index contributed by atoms with van der Waals surface area (Å²) in [4.78, 5) is 2.44. The molecule has 0 fully saturated rings. The van der Waals surface area contributed by atoms with Crippen LogP contribution in [0.1, 0.15) is 25.0 Å². The lowest BCUT2D eigenvalue weighted by Gasteiger charge is -2.29. The number of benzene rings is 10. The van der Waals surface area contributed by atoms with Gasteiger partial charge in [-0.1, -0.05) is 214 Å². The van der Waals surface area contributed by atoms with Crippen LogP contribution in [0.5, 0.6) is 0 Å². The summed E-state index contributed by atoms with van der Waals surface area (Å²) in [5.41, 5.74) is 20.8. The molecule has 0 bridgehead atoms. The molecule has 0 atom stereocenters. The lowest BCUT2D eigenvalue weighted by molar-refractivity contribution is 0.660. The quantitative estimate of drug-likeness (QED) is 0.148. The summed E-state index contributed by atoms with van der Waals surface area (Å²) >= 11 is 0. The van der Waals surface area contributed by atoms with E-state index in [-0.39, 0.29) is 5.41 Å². The molecule has 0 saturated heterocycles. The summed E-state index contributed by atoms with van der Waals surface area (Å²) in [6.45, 7) is 4.76. The van der Waals surface area contributed by atoms with E-state index in [1.54, 1.807) is 0 Å². The molecule has 1 heteroatoms. The first kappa shape index (κ1) is 37.3. The normalized spacial score (nSPS) is 12.5. The van der Waals surface area contributed by atoms with Crippen molar-refractivity contribution >= 4 is 27.8 Å². The van der Waals surface area contributed by atoms with E-state index in [9.17, 15) is 0 Å². The highest BCUT2D eigenvalue weighted by molar-refractivity contribution is 5.99. The van der Waals surface area contributed by atoms with E-state index in [0.717, 1.165) is 17.1 Å². The van der Waals surface area contributed by atoms with Gasteiger partial charge in [-0.25, -0.2) is 0 Å². The largest absolute Gasteiger partial charge is 0.310 e. The molecule has 1 aliphatic carbocycles. The maximum Gasteiger partial charge on any atom is 0.0540 e. The van der Waals surface area contributed by atoms with Crippen LogP contribution in [0.2, 0.25) is 0 Å². The van der Waals surface area contributed by atoms with Gasteiger partial charge in [0.15, 0.2) is 0 Å². The molecule has 0 radical (unpaired) electrons. The molecular weight excluding hydrogens is 747 g/mol. The van der Waals surface area contributed by atoms with Crippen LogP contribution < -0.4 is 4.90 Å². The van der Waals surface area contributed by atoms with Gasteiger partial charge in [-0.15, -0.1) is 0 Å². The Labute approximate surface area is 364 Å². The minimum Gasteiger partial charge on any atom is -0.310 e. The minimum atomic E-state index is -0.197. The first-order valence-corrected chi connectivity index (χ1v) is 21.6. The van der Waals surface area contributed by atoms with Gasteiger partial charge in [-0.05, 0) is 120 Å². The van der Waals surface area contributed by atoms with Gasteiger partial charge in [0.2, 0.25) is 0 Å². The molecule has 0 saturated carbocycles. The van der Waals surface area contributed by atoms with Gasteiger partial charge in [-0.2, -0.15) is 0 Å². The van der Waals surface area contributed by atoms with Crippen molar-refractivity contribution in [3.05, 3.63) is 248 Å². The monoisotopic (exact) mass is 791 g/mol. The molecule has 10 aromatic carbocycles. The summed E-state index contributed by atoms with van der Waals surface area (Å²) in [6, 6.07) is 86.5. The zero-order chi connectivity index (χ0) is 41.6. The van der Waals surface area contributed by atoms with Crippen molar-refractivity contribution in [3.63, 3.8) is 0 Å². The van der Waals surface area contributed by atoms with Crippen molar-refractivity contribution < 1.29 is 0 Å². The Morgan fingerprint density at radius 3 is 1.19 bits per heavy atom. The lowest BCUT2D eigenvalue weighted by atomic mass is 9.81. The smallest absolute Gasteiger partial charge is 0.0540 e. The highest BCUT2D eigenvalue weighted by atomic mass is 15.1. The van der Waals surface area contributed by atoms with Crippen LogP contribution in [0.15, 0.2) is 237 Å². The van der Waals surface area contributed by atoms with Crippen LogP contribution in [-0.4, -0.2) is 0 Å². The third-order valence-corrected chi connectivity index (χ3v) is 12.9. The van der Waals surface area contributed by atoms with Crippen molar-refractivity contribution in [3.8, 4) is 66.8 Å². The Balaban J connectivity index is 0.914. The van der Waals surface area contributed by atoms with Gasteiger partial charge in [0.25, 0.3) is 0 Å². The fourth-order valence-electron chi connectivity index (χ4n) is 9.50. The fourth-order valence-corrected chi connectivity index (χ4v) is 9.50. The fraction of sp³-hybridized carbons (Fsp3) is 0.0492. The number of anilines is 3. The summed E-state index contributed by atoms with van der Waals surface area (Å²) in [6.07, 6.45) is 0. The SMILES string of the molecule is CC1(C)c2cc(-c3ccc(-c4ccc(-c5ccccc5)cc4)cc3)ccc2-c2ccc(N(c3ccc(-c4ccc(-c5ccccc5)cc4)cc3)c3cccc4ccccc34)cc21. The van der Waals surface area contributed by atoms with Crippen LogP contribution in [0.25, 0.3) is 77.5 Å². The third kappa shape index (κ3) is 6.69. The maximum atomic E-state index is 2.44. The van der Waals surface area contributed by atoms with Gasteiger partial charge < -0.3 is 4.90 Å². The first-order chi connectivity index (χ1) is 30.5. The van der Waals surface area contributed by atoms with Gasteiger partial charge in [-0.3, -0.25) is 0 Å². The summed E-state index contributed by atoms with van der Waals surface area (Å²) in [5.74, 6) is 0. The second-order valence-corrected chi connectivity index (χ2v) is 17.0. The number of hydrogen-bond donors (Lipinski definition) is 0. The second kappa shape index (κ2) is 15.4. The number of fused-ring (bicyclic) bond motifs is 4. The summed E-state index contributed by atoms with van der Waals surface area (Å²) in [5, 5.41) is 2.44. The highest BCUT2D eigenvalue weighted by Gasteiger charge is 2.36. The average molecular weight is 792 g/mol. The van der Waals surface area contributed by atoms with Crippen LogP contribution in [0.3, 0.4) is 0 Å². The van der Waals surface area contributed by atoms with Crippen molar-refractivity contribution in [2.45, 2.75) is 19.3 Å². The molecule has 0 unspecified atom stereocenters. The second-order valence-electron chi connectivity index (χ2n) is 17.0. The highest BCUT2D eigenvalue weighted by Crippen LogP contribution is 2.52. The number of hydrogen-bond acceptors (Lipinski definition) is 1. The Kier molecular flexibility index (Phi) is 9.24. The molecule has 0 aliphatic heterocycles. The predicted molar refractivity (Wildman–Crippen MR) is 263 cm³/mol. The molecule has 294 valence electrons. The van der Waals surface area contributed by atoms with Crippen molar-refractivity contribution in [1.82, 2.24) is 0 Å².